The molecule has 0 N–H and O–H groups in total. The van der Waals surface area contributed by atoms with Gasteiger partial charge < -0.3 is 4.74 Å². The summed E-state index contributed by atoms with van der Waals surface area (Å²) in [6, 6.07) is 17.8. The normalized spacial score (nSPS) is 11.4. The van der Waals surface area contributed by atoms with Gasteiger partial charge in [-0.3, -0.25) is 0 Å². The van der Waals surface area contributed by atoms with E-state index in [0.717, 1.165) is 26.5 Å². The SMILES string of the molecule is Cc1nn(Cc2ccccc2)c(Cl)c1C=CC(=O)OCc1nc2ccccc2s1. The minimum atomic E-state index is -0.449. The largest absolute Gasteiger partial charge is 0.455 e. The summed E-state index contributed by atoms with van der Waals surface area (Å²) in [6.07, 6.45) is 3.02. The van der Waals surface area contributed by atoms with Crippen LogP contribution in [-0.2, 0) is 22.7 Å². The molecule has 4 rings (SSSR count). The summed E-state index contributed by atoms with van der Waals surface area (Å²) < 4.78 is 8.11. The van der Waals surface area contributed by atoms with Crippen LogP contribution in [0, 0.1) is 6.92 Å². The molecule has 146 valence electrons. The molecule has 0 aliphatic heterocycles. The van der Waals surface area contributed by atoms with Crippen molar-refractivity contribution < 1.29 is 9.53 Å². The second-order valence-corrected chi connectivity index (χ2v) is 7.92. The van der Waals surface area contributed by atoms with Gasteiger partial charge in [-0.05, 0) is 30.7 Å². The maximum atomic E-state index is 12.1. The first kappa shape index (κ1) is 19.4. The number of fused-ring (bicyclic) bond motifs is 1. The van der Waals surface area contributed by atoms with Gasteiger partial charge in [0, 0.05) is 11.6 Å². The van der Waals surface area contributed by atoms with Crippen LogP contribution in [0.5, 0.6) is 0 Å². The number of aryl methyl sites for hydroxylation is 1. The van der Waals surface area contributed by atoms with Gasteiger partial charge in [0.05, 0.1) is 22.5 Å². The van der Waals surface area contributed by atoms with Crippen molar-refractivity contribution in [2.24, 2.45) is 0 Å². The number of thiazole rings is 1. The summed E-state index contributed by atoms with van der Waals surface area (Å²) in [5.74, 6) is -0.449. The van der Waals surface area contributed by atoms with Crippen molar-refractivity contribution in [2.75, 3.05) is 0 Å². The van der Waals surface area contributed by atoms with Gasteiger partial charge in [-0.1, -0.05) is 54.1 Å². The first-order valence-corrected chi connectivity index (χ1v) is 10.3. The molecule has 2 heterocycles. The second-order valence-electron chi connectivity index (χ2n) is 6.45. The standard InChI is InChI=1S/C22H18ClN3O2S/c1-15-17(22(23)26(25-15)13-16-7-3-2-4-8-16)11-12-21(27)28-14-20-24-18-9-5-6-10-19(18)29-20/h2-12H,13-14H2,1H3. The van der Waals surface area contributed by atoms with Crippen LogP contribution in [0.3, 0.4) is 0 Å². The molecule has 0 aliphatic carbocycles. The molecule has 4 aromatic rings. The number of halogens is 1. The van der Waals surface area contributed by atoms with Gasteiger partial charge in [0.1, 0.15) is 16.8 Å². The van der Waals surface area contributed by atoms with Crippen LogP contribution >= 0.6 is 22.9 Å². The summed E-state index contributed by atoms with van der Waals surface area (Å²) in [6.45, 7) is 2.57. The summed E-state index contributed by atoms with van der Waals surface area (Å²) in [5, 5.41) is 5.72. The molecule has 2 aromatic heterocycles. The summed E-state index contributed by atoms with van der Waals surface area (Å²) >= 11 is 7.99. The fourth-order valence-electron chi connectivity index (χ4n) is 2.93. The average Bonchev–Trinajstić information content (AvgIpc) is 3.26. The van der Waals surface area contributed by atoms with E-state index in [9.17, 15) is 4.79 Å². The molecule has 2 aromatic carbocycles. The van der Waals surface area contributed by atoms with Gasteiger partial charge in [-0.15, -0.1) is 11.3 Å². The monoisotopic (exact) mass is 423 g/mol. The van der Waals surface area contributed by atoms with Crippen molar-refractivity contribution in [3.63, 3.8) is 0 Å². The van der Waals surface area contributed by atoms with Gasteiger partial charge in [0.2, 0.25) is 0 Å². The molecular formula is C22H18ClN3O2S. The molecule has 0 bridgehead atoms. The third-order valence-corrected chi connectivity index (χ3v) is 5.76. The van der Waals surface area contributed by atoms with Crippen LogP contribution in [0.2, 0.25) is 5.15 Å². The Morgan fingerprint density at radius 1 is 1.17 bits per heavy atom. The highest BCUT2D eigenvalue weighted by molar-refractivity contribution is 7.18. The molecule has 0 aliphatic rings. The Hall–Kier alpha value is -2.96. The van der Waals surface area contributed by atoms with Crippen LogP contribution in [0.4, 0.5) is 0 Å². The molecule has 7 heteroatoms. The summed E-state index contributed by atoms with van der Waals surface area (Å²) in [7, 11) is 0. The Kier molecular flexibility index (Phi) is 5.74. The molecule has 0 saturated heterocycles. The van der Waals surface area contributed by atoms with Crippen molar-refractivity contribution >= 4 is 45.2 Å². The zero-order chi connectivity index (χ0) is 20.2. The summed E-state index contributed by atoms with van der Waals surface area (Å²) in [4.78, 5) is 16.6. The molecule has 0 unspecified atom stereocenters. The van der Waals surface area contributed by atoms with Gasteiger partial charge in [0.15, 0.2) is 0 Å². The number of carbonyl (C=O) groups is 1. The highest BCUT2D eigenvalue weighted by Crippen LogP contribution is 2.23. The topological polar surface area (TPSA) is 57.0 Å². The fraction of sp³-hybridized carbons (Fsp3) is 0.136. The number of hydrogen-bond acceptors (Lipinski definition) is 5. The maximum absolute atomic E-state index is 12.1. The Labute approximate surface area is 177 Å². The van der Waals surface area contributed by atoms with Gasteiger partial charge in [-0.2, -0.15) is 5.10 Å². The maximum Gasteiger partial charge on any atom is 0.331 e. The lowest BCUT2D eigenvalue weighted by atomic mass is 10.2. The van der Waals surface area contributed by atoms with E-state index in [-0.39, 0.29) is 6.61 Å². The molecule has 0 amide bonds. The average molecular weight is 424 g/mol. The molecule has 0 saturated carbocycles. The lowest BCUT2D eigenvalue weighted by Crippen LogP contribution is -2.01. The number of benzene rings is 2. The third kappa shape index (κ3) is 4.55. The van der Waals surface area contributed by atoms with Gasteiger partial charge >= 0.3 is 5.97 Å². The zero-order valence-electron chi connectivity index (χ0n) is 15.7. The number of para-hydroxylation sites is 1. The molecule has 0 atom stereocenters. The van der Waals surface area contributed by atoms with Crippen molar-refractivity contribution in [1.29, 1.82) is 0 Å². The van der Waals surface area contributed by atoms with E-state index in [4.69, 9.17) is 16.3 Å². The molecule has 0 spiro atoms. The smallest absolute Gasteiger partial charge is 0.331 e. The Bertz CT molecular complexity index is 1150. The lowest BCUT2D eigenvalue weighted by molar-refractivity contribution is -0.138. The van der Waals surface area contributed by atoms with Crippen molar-refractivity contribution in [2.45, 2.75) is 20.1 Å². The zero-order valence-corrected chi connectivity index (χ0v) is 17.3. The van der Waals surface area contributed by atoms with Gasteiger partial charge in [-0.25, -0.2) is 14.5 Å². The Balaban J connectivity index is 1.41. The van der Waals surface area contributed by atoms with Gasteiger partial charge in [0.25, 0.3) is 0 Å². The number of aromatic nitrogens is 3. The minimum Gasteiger partial charge on any atom is -0.455 e. The first-order chi connectivity index (χ1) is 14.1. The van der Waals surface area contributed by atoms with E-state index in [1.165, 1.54) is 17.4 Å². The predicted octanol–water partition coefficient (Wildman–Crippen LogP) is 5.26. The highest BCUT2D eigenvalue weighted by atomic mass is 35.5. The van der Waals surface area contributed by atoms with Crippen LogP contribution in [-0.4, -0.2) is 20.7 Å². The number of rotatable bonds is 6. The fourth-order valence-corrected chi connectivity index (χ4v) is 4.11. The van der Waals surface area contributed by atoms with E-state index in [0.29, 0.717) is 17.3 Å². The molecule has 0 fully saturated rings. The number of carbonyl (C=O) groups excluding carboxylic acids is 1. The minimum absolute atomic E-state index is 0.141. The molecule has 29 heavy (non-hydrogen) atoms. The molecule has 0 radical (unpaired) electrons. The molecule has 5 nitrogen and oxygen atoms in total. The van der Waals surface area contributed by atoms with Crippen molar-refractivity contribution in [3.8, 4) is 0 Å². The number of nitrogens with zero attached hydrogens (tertiary/aromatic N) is 3. The first-order valence-electron chi connectivity index (χ1n) is 9.06. The highest BCUT2D eigenvalue weighted by Gasteiger charge is 2.12. The van der Waals surface area contributed by atoms with Crippen LogP contribution in [0.25, 0.3) is 16.3 Å². The summed E-state index contributed by atoms with van der Waals surface area (Å²) in [5.41, 5.74) is 3.47. The Morgan fingerprint density at radius 2 is 1.93 bits per heavy atom. The number of esters is 1. The molecular weight excluding hydrogens is 406 g/mol. The van der Waals surface area contributed by atoms with E-state index in [2.05, 4.69) is 10.1 Å². The van der Waals surface area contributed by atoms with Crippen LogP contribution in [0.1, 0.15) is 21.8 Å². The quantitative estimate of drug-likeness (QED) is 0.313. The van der Waals surface area contributed by atoms with E-state index < -0.39 is 5.97 Å². The van der Waals surface area contributed by atoms with E-state index >= 15 is 0 Å². The number of hydrogen-bond donors (Lipinski definition) is 0. The van der Waals surface area contributed by atoms with Crippen molar-refractivity contribution in [1.82, 2.24) is 14.8 Å². The Morgan fingerprint density at radius 3 is 2.72 bits per heavy atom. The van der Waals surface area contributed by atoms with Crippen LogP contribution < -0.4 is 0 Å². The lowest BCUT2D eigenvalue weighted by Gasteiger charge is -2.03. The van der Waals surface area contributed by atoms with Crippen LogP contribution in [0.15, 0.2) is 60.7 Å². The third-order valence-electron chi connectivity index (χ3n) is 4.35. The van der Waals surface area contributed by atoms with E-state index in [1.807, 2.05) is 61.5 Å². The number of ether oxygens (including phenoxy) is 1. The van der Waals surface area contributed by atoms with Crippen molar-refractivity contribution in [3.05, 3.63) is 87.7 Å². The predicted molar refractivity (Wildman–Crippen MR) is 116 cm³/mol. The van der Waals surface area contributed by atoms with E-state index in [1.54, 1.807) is 10.8 Å². The second kappa shape index (κ2) is 8.59.